The monoisotopic (exact) mass is 269 g/mol. The second kappa shape index (κ2) is 8.78. The van der Waals surface area contributed by atoms with Gasteiger partial charge in [-0.25, -0.2) is 4.99 Å². The largest absolute Gasteiger partial charge is 0.383 e. The van der Waals surface area contributed by atoms with Crippen LogP contribution in [0.3, 0.4) is 0 Å². The highest BCUT2D eigenvalue weighted by molar-refractivity contribution is 6.30. The number of ether oxygens (including phenoxy) is 1. The minimum atomic E-state index is 0.600. The van der Waals surface area contributed by atoms with Gasteiger partial charge in [0.05, 0.1) is 13.2 Å². The number of benzene rings is 1. The van der Waals surface area contributed by atoms with Crippen LogP contribution in [0.4, 0.5) is 0 Å². The number of nitrogens with one attached hydrogen (secondary N) is 2. The van der Waals surface area contributed by atoms with Crippen LogP contribution in [0.2, 0.25) is 5.02 Å². The molecule has 100 valence electrons. The molecule has 1 aromatic carbocycles. The van der Waals surface area contributed by atoms with E-state index in [2.05, 4.69) is 15.6 Å². The molecule has 18 heavy (non-hydrogen) atoms. The van der Waals surface area contributed by atoms with Crippen LogP contribution in [-0.2, 0) is 11.3 Å². The first-order chi connectivity index (χ1) is 8.76. The third kappa shape index (κ3) is 5.89. The van der Waals surface area contributed by atoms with Crippen molar-refractivity contribution in [3.05, 3.63) is 34.9 Å². The smallest absolute Gasteiger partial charge is 0.191 e. The summed E-state index contributed by atoms with van der Waals surface area (Å²) in [6.07, 6.45) is 0. The van der Waals surface area contributed by atoms with E-state index in [4.69, 9.17) is 16.3 Å². The van der Waals surface area contributed by atoms with Gasteiger partial charge in [-0.05, 0) is 24.6 Å². The second-order valence-electron chi connectivity index (χ2n) is 3.74. The van der Waals surface area contributed by atoms with Crippen LogP contribution in [0, 0.1) is 0 Å². The highest BCUT2D eigenvalue weighted by Gasteiger charge is 1.97. The van der Waals surface area contributed by atoms with Gasteiger partial charge in [0, 0.05) is 25.2 Å². The molecule has 5 heteroatoms. The molecule has 1 rings (SSSR count). The Morgan fingerprint density at radius 1 is 1.39 bits per heavy atom. The predicted molar refractivity (Wildman–Crippen MR) is 76.1 cm³/mol. The van der Waals surface area contributed by atoms with Gasteiger partial charge in [-0.2, -0.15) is 0 Å². The number of hydrogen-bond donors (Lipinski definition) is 2. The quantitative estimate of drug-likeness (QED) is 0.472. The number of nitrogens with zero attached hydrogens (tertiary/aromatic N) is 1. The summed E-state index contributed by atoms with van der Waals surface area (Å²) in [5, 5.41) is 7.10. The topological polar surface area (TPSA) is 45.7 Å². The maximum atomic E-state index is 5.93. The van der Waals surface area contributed by atoms with Crippen molar-refractivity contribution in [2.24, 2.45) is 4.99 Å². The lowest BCUT2D eigenvalue weighted by atomic mass is 10.2. The standard InChI is InChI=1S/C13H20ClN3O/c1-3-15-13(16-7-8-18-2)17-10-11-5-4-6-12(14)9-11/h4-6,9H,3,7-8,10H2,1-2H3,(H2,15,16,17). The summed E-state index contributed by atoms with van der Waals surface area (Å²) >= 11 is 5.93. The van der Waals surface area contributed by atoms with Crippen LogP contribution in [0.5, 0.6) is 0 Å². The normalized spacial score (nSPS) is 11.4. The molecule has 2 N–H and O–H groups in total. The lowest BCUT2D eigenvalue weighted by Gasteiger charge is -2.10. The minimum absolute atomic E-state index is 0.600. The summed E-state index contributed by atoms with van der Waals surface area (Å²) in [6, 6.07) is 7.72. The number of halogens is 1. The molecule has 0 spiro atoms. The van der Waals surface area contributed by atoms with E-state index in [1.54, 1.807) is 7.11 Å². The molecule has 0 bridgehead atoms. The first kappa shape index (κ1) is 14.8. The maximum Gasteiger partial charge on any atom is 0.191 e. The molecule has 0 amide bonds. The van der Waals surface area contributed by atoms with Gasteiger partial charge in [-0.1, -0.05) is 23.7 Å². The first-order valence-corrected chi connectivity index (χ1v) is 6.39. The molecule has 0 aliphatic heterocycles. The van der Waals surface area contributed by atoms with Crippen LogP contribution in [0.25, 0.3) is 0 Å². The van der Waals surface area contributed by atoms with E-state index in [1.807, 2.05) is 31.2 Å². The van der Waals surface area contributed by atoms with Crippen molar-refractivity contribution in [2.45, 2.75) is 13.5 Å². The van der Waals surface area contributed by atoms with E-state index >= 15 is 0 Å². The average molecular weight is 270 g/mol. The summed E-state index contributed by atoms with van der Waals surface area (Å²) in [7, 11) is 1.68. The van der Waals surface area contributed by atoms with Crippen LogP contribution in [0.15, 0.2) is 29.3 Å². The summed E-state index contributed by atoms with van der Waals surface area (Å²) in [6.45, 7) is 4.85. The van der Waals surface area contributed by atoms with Crippen LogP contribution >= 0.6 is 11.6 Å². The fourth-order valence-electron chi connectivity index (χ4n) is 1.42. The zero-order valence-corrected chi connectivity index (χ0v) is 11.6. The van der Waals surface area contributed by atoms with E-state index in [-0.39, 0.29) is 0 Å². The fraction of sp³-hybridized carbons (Fsp3) is 0.462. The Bertz CT molecular complexity index is 382. The Morgan fingerprint density at radius 2 is 2.22 bits per heavy atom. The van der Waals surface area contributed by atoms with E-state index in [9.17, 15) is 0 Å². The van der Waals surface area contributed by atoms with E-state index in [0.29, 0.717) is 13.2 Å². The number of aliphatic imine (C=N–C) groups is 1. The Labute approximate surface area is 113 Å². The minimum Gasteiger partial charge on any atom is -0.383 e. The SMILES string of the molecule is CCNC(=NCc1cccc(Cl)c1)NCCOC. The summed E-state index contributed by atoms with van der Waals surface area (Å²) in [5.41, 5.74) is 1.09. The third-order valence-corrected chi connectivity index (χ3v) is 2.49. The van der Waals surface area contributed by atoms with Crippen molar-refractivity contribution in [1.29, 1.82) is 0 Å². The zero-order valence-electron chi connectivity index (χ0n) is 10.9. The Kier molecular flexibility index (Phi) is 7.22. The van der Waals surface area contributed by atoms with Gasteiger partial charge in [0.25, 0.3) is 0 Å². The van der Waals surface area contributed by atoms with Gasteiger partial charge in [0.2, 0.25) is 0 Å². The van der Waals surface area contributed by atoms with Crippen molar-refractivity contribution >= 4 is 17.6 Å². The maximum absolute atomic E-state index is 5.93. The molecular formula is C13H20ClN3O. The lowest BCUT2D eigenvalue weighted by molar-refractivity contribution is 0.203. The lowest BCUT2D eigenvalue weighted by Crippen LogP contribution is -2.38. The van der Waals surface area contributed by atoms with E-state index < -0.39 is 0 Å². The van der Waals surface area contributed by atoms with Gasteiger partial charge in [0.15, 0.2) is 5.96 Å². The third-order valence-electron chi connectivity index (χ3n) is 2.25. The summed E-state index contributed by atoms with van der Waals surface area (Å²) in [5.74, 6) is 0.787. The average Bonchev–Trinajstić information content (AvgIpc) is 2.36. The Hall–Kier alpha value is -1.26. The van der Waals surface area contributed by atoms with Crippen LogP contribution in [-0.4, -0.2) is 32.8 Å². The van der Waals surface area contributed by atoms with Crippen molar-refractivity contribution in [2.75, 3.05) is 26.8 Å². The van der Waals surface area contributed by atoms with Crippen molar-refractivity contribution in [1.82, 2.24) is 10.6 Å². The molecule has 0 atom stereocenters. The molecule has 0 saturated carbocycles. The molecule has 0 heterocycles. The van der Waals surface area contributed by atoms with Crippen molar-refractivity contribution in [3.63, 3.8) is 0 Å². The molecule has 0 saturated heterocycles. The number of hydrogen-bond acceptors (Lipinski definition) is 2. The molecular weight excluding hydrogens is 250 g/mol. The summed E-state index contributed by atoms with van der Waals surface area (Å²) < 4.78 is 4.99. The van der Waals surface area contributed by atoms with Crippen LogP contribution in [0.1, 0.15) is 12.5 Å². The zero-order chi connectivity index (χ0) is 13.2. The number of guanidine groups is 1. The Balaban J connectivity index is 2.53. The van der Waals surface area contributed by atoms with Gasteiger partial charge >= 0.3 is 0 Å². The van der Waals surface area contributed by atoms with Gasteiger partial charge in [-0.3, -0.25) is 0 Å². The molecule has 0 unspecified atom stereocenters. The van der Waals surface area contributed by atoms with Gasteiger partial charge in [0.1, 0.15) is 0 Å². The molecule has 0 fully saturated rings. The van der Waals surface area contributed by atoms with Crippen molar-refractivity contribution < 1.29 is 4.74 Å². The fourth-order valence-corrected chi connectivity index (χ4v) is 1.63. The van der Waals surface area contributed by atoms with Crippen LogP contribution < -0.4 is 10.6 Å². The molecule has 0 radical (unpaired) electrons. The number of rotatable bonds is 6. The highest BCUT2D eigenvalue weighted by Crippen LogP contribution is 2.11. The van der Waals surface area contributed by atoms with Gasteiger partial charge < -0.3 is 15.4 Å². The highest BCUT2D eigenvalue weighted by atomic mass is 35.5. The first-order valence-electron chi connectivity index (χ1n) is 6.01. The summed E-state index contributed by atoms with van der Waals surface area (Å²) in [4.78, 5) is 4.48. The van der Waals surface area contributed by atoms with E-state index in [0.717, 1.165) is 29.6 Å². The Morgan fingerprint density at radius 3 is 2.89 bits per heavy atom. The molecule has 4 nitrogen and oxygen atoms in total. The number of methoxy groups -OCH3 is 1. The molecule has 0 aliphatic rings. The van der Waals surface area contributed by atoms with Crippen molar-refractivity contribution in [3.8, 4) is 0 Å². The molecule has 0 aliphatic carbocycles. The van der Waals surface area contributed by atoms with Gasteiger partial charge in [-0.15, -0.1) is 0 Å². The second-order valence-corrected chi connectivity index (χ2v) is 4.18. The molecule has 1 aromatic rings. The van der Waals surface area contributed by atoms with E-state index in [1.165, 1.54) is 0 Å². The predicted octanol–water partition coefficient (Wildman–Crippen LogP) is 2.04. The molecule has 0 aromatic heterocycles.